The van der Waals surface area contributed by atoms with Crippen molar-refractivity contribution >= 4 is 27.5 Å². The lowest BCUT2D eigenvalue weighted by atomic mass is 10.1. The molecule has 4 rings (SSSR count). The van der Waals surface area contributed by atoms with Gasteiger partial charge in [0.1, 0.15) is 5.75 Å². The summed E-state index contributed by atoms with van der Waals surface area (Å²) in [4.78, 5) is 18.7. The Morgan fingerprint density at radius 1 is 1.11 bits per heavy atom. The average Bonchev–Trinajstić information content (AvgIpc) is 3.12. The van der Waals surface area contributed by atoms with E-state index in [1.54, 1.807) is 11.3 Å². The van der Waals surface area contributed by atoms with Crippen molar-refractivity contribution in [2.75, 3.05) is 26.2 Å². The van der Waals surface area contributed by atoms with Crippen molar-refractivity contribution in [3.8, 4) is 10.9 Å². The molecule has 1 amide bonds. The number of rotatable bonds is 7. The third-order valence-electron chi connectivity index (χ3n) is 4.80. The normalized spacial score (nSPS) is 14.9. The van der Waals surface area contributed by atoms with E-state index in [2.05, 4.69) is 21.6 Å². The summed E-state index contributed by atoms with van der Waals surface area (Å²) in [6.07, 6.45) is 5.26. The molecule has 1 fully saturated rings. The Balaban J connectivity index is 1.23. The number of para-hydroxylation sites is 1. The number of aromatic nitrogens is 1. The molecule has 1 radical (unpaired) electrons. The Kier molecular flexibility index (Phi) is 6.19. The number of hydrogen-bond donors (Lipinski definition) is 1. The number of carbonyl (C=O) groups excluding carboxylic acids is 1. The minimum atomic E-state index is 0.109. The lowest BCUT2D eigenvalue weighted by molar-refractivity contribution is -0.122. The topological polar surface area (TPSA) is 54.5 Å². The van der Waals surface area contributed by atoms with Gasteiger partial charge in [0.15, 0.2) is 0 Å². The summed E-state index contributed by atoms with van der Waals surface area (Å²) in [6.45, 7) is 3.13. The van der Waals surface area contributed by atoms with Crippen LogP contribution in [0, 0.1) is 6.42 Å². The van der Waals surface area contributed by atoms with Crippen LogP contribution in [-0.2, 0) is 11.2 Å². The molecule has 1 aliphatic heterocycles. The first-order chi connectivity index (χ1) is 13.8. The number of piperidine rings is 1. The van der Waals surface area contributed by atoms with E-state index in [9.17, 15) is 4.79 Å². The molecule has 28 heavy (non-hydrogen) atoms. The Hall–Kier alpha value is -2.44. The smallest absolute Gasteiger partial charge is 0.279 e. The molecule has 0 spiro atoms. The van der Waals surface area contributed by atoms with Crippen LogP contribution < -0.4 is 10.1 Å². The van der Waals surface area contributed by atoms with E-state index in [0.717, 1.165) is 48.3 Å². The zero-order valence-corrected chi connectivity index (χ0v) is 16.6. The Bertz CT molecular complexity index is 884. The van der Waals surface area contributed by atoms with E-state index in [1.807, 2.05) is 48.5 Å². The zero-order valence-electron chi connectivity index (χ0n) is 15.8. The number of nitrogens with one attached hydrogen (secondary N) is 1. The molecule has 1 saturated heterocycles. The van der Waals surface area contributed by atoms with Gasteiger partial charge in [-0.05, 0) is 68.6 Å². The highest BCUT2D eigenvalue weighted by Crippen LogP contribution is 2.31. The van der Waals surface area contributed by atoms with Crippen molar-refractivity contribution in [1.29, 1.82) is 0 Å². The number of carbonyl (C=O) groups is 1. The molecule has 145 valence electrons. The van der Waals surface area contributed by atoms with Crippen molar-refractivity contribution in [3.63, 3.8) is 0 Å². The lowest BCUT2D eigenvalue weighted by Gasteiger charge is -2.25. The zero-order chi connectivity index (χ0) is 19.2. The van der Waals surface area contributed by atoms with Crippen LogP contribution >= 0.6 is 11.3 Å². The largest absolute Gasteiger partial charge is 0.431 e. The van der Waals surface area contributed by atoms with Crippen molar-refractivity contribution in [3.05, 3.63) is 60.5 Å². The van der Waals surface area contributed by atoms with Gasteiger partial charge in [-0.2, -0.15) is 0 Å². The predicted molar refractivity (Wildman–Crippen MR) is 113 cm³/mol. The number of thiazole rings is 1. The molecule has 0 aliphatic carbocycles. The van der Waals surface area contributed by atoms with E-state index < -0.39 is 0 Å². The summed E-state index contributed by atoms with van der Waals surface area (Å²) in [5.41, 5.74) is 2.13. The first-order valence-electron chi connectivity index (χ1n) is 9.69. The fourth-order valence-electron chi connectivity index (χ4n) is 3.29. The standard InChI is InChI=1S/C22H24N3O2S/c26-21(16-25-14-4-1-5-15-25)23-13-12-17-8-10-18(11-9-17)27-22-24-19-6-2-3-7-20(19)28-22/h1-3,6-11H,4-5,12-16H2,(H,23,26). The highest BCUT2D eigenvalue weighted by molar-refractivity contribution is 7.20. The number of hydrogen-bond acceptors (Lipinski definition) is 5. The van der Waals surface area contributed by atoms with Gasteiger partial charge in [-0.1, -0.05) is 35.6 Å². The number of likely N-dealkylation sites (tertiary alicyclic amines) is 1. The predicted octanol–water partition coefficient (Wildman–Crippen LogP) is 4.05. The van der Waals surface area contributed by atoms with Gasteiger partial charge in [0, 0.05) is 6.54 Å². The van der Waals surface area contributed by atoms with Crippen LogP contribution in [0.4, 0.5) is 0 Å². The summed E-state index contributed by atoms with van der Waals surface area (Å²) < 4.78 is 6.99. The summed E-state index contributed by atoms with van der Waals surface area (Å²) in [5, 5.41) is 3.67. The highest BCUT2D eigenvalue weighted by atomic mass is 32.1. The van der Waals surface area contributed by atoms with Crippen LogP contribution in [0.3, 0.4) is 0 Å². The SMILES string of the molecule is O=C(CN1CC[CH]CC1)NCCc1ccc(Oc2nc3ccccc3s2)cc1. The van der Waals surface area contributed by atoms with E-state index in [-0.39, 0.29) is 5.91 Å². The molecule has 0 saturated carbocycles. The van der Waals surface area contributed by atoms with Crippen molar-refractivity contribution < 1.29 is 9.53 Å². The van der Waals surface area contributed by atoms with Crippen LogP contribution in [0.25, 0.3) is 10.2 Å². The van der Waals surface area contributed by atoms with Gasteiger partial charge in [-0.3, -0.25) is 9.69 Å². The molecule has 0 unspecified atom stereocenters. The molecule has 2 heterocycles. The molecule has 5 nitrogen and oxygen atoms in total. The van der Waals surface area contributed by atoms with Gasteiger partial charge in [0.05, 0.1) is 16.8 Å². The summed E-state index contributed by atoms with van der Waals surface area (Å²) in [6, 6.07) is 16.0. The molecule has 6 heteroatoms. The van der Waals surface area contributed by atoms with Gasteiger partial charge in [-0.25, -0.2) is 4.98 Å². The minimum absolute atomic E-state index is 0.109. The number of nitrogens with zero attached hydrogens (tertiary/aromatic N) is 2. The van der Waals surface area contributed by atoms with Crippen molar-refractivity contribution in [1.82, 2.24) is 15.2 Å². The van der Waals surface area contributed by atoms with E-state index in [1.165, 1.54) is 5.56 Å². The molecule has 0 atom stereocenters. The maximum atomic E-state index is 12.0. The van der Waals surface area contributed by atoms with Crippen LogP contribution in [0.15, 0.2) is 48.5 Å². The number of fused-ring (bicyclic) bond motifs is 1. The number of benzene rings is 2. The first kappa shape index (κ1) is 18.9. The Morgan fingerprint density at radius 2 is 1.89 bits per heavy atom. The molecule has 1 N–H and O–H groups in total. The fraction of sp³-hybridized carbons (Fsp3) is 0.318. The fourth-order valence-corrected chi connectivity index (χ4v) is 4.12. The van der Waals surface area contributed by atoms with Gasteiger partial charge in [-0.15, -0.1) is 0 Å². The third kappa shape index (κ3) is 5.09. The van der Waals surface area contributed by atoms with E-state index in [4.69, 9.17) is 4.74 Å². The van der Waals surface area contributed by atoms with E-state index >= 15 is 0 Å². The van der Waals surface area contributed by atoms with Gasteiger partial charge in [0.2, 0.25) is 5.91 Å². The molecule has 1 aromatic heterocycles. The van der Waals surface area contributed by atoms with Crippen LogP contribution in [-0.4, -0.2) is 42.0 Å². The number of ether oxygens (including phenoxy) is 1. The lowest BCUT2D eigenvalue weighted by Crippen LogP contribution is -2.40. The Labute approximate surface area is 169 Å². The third-order valence-corrected chi connectivity index (χ3v) is 5.72. The molecule has 2 aromatic carbocycles. The summed E-state index contributed by atoms with van der Waals surface area (Å²) >= 11 is 1.54. The Morgan fingerprint density at radius 3 is 2.68 bits per heavy atom. The summed E-state index contributed by atoms with van der Waals surface area (Å²) in [7, 11) is 0. The van der Waals surface area contributed by atoms with Crippen LogP contribution in [0.2, 0.25) is 0 Å². The number of amides is 1. The van der Waals surface area contributed by atoms with Crippen molar-refractivity contribution in [2.45, 2.75) is 19.3 Å². The quantitative estimate of drug-likeness (QED) is 0.657. The second kappa shape index (κ2) is 9.17. The average molecular weight is 395 g/mol. The first-order valence-corrected chi connectivity index (χ1v) is 10.5. The molecule has 0 bridgehead atoms. The molecule has 3 aromatic rings. The van der Waals surface area contributed by atoms with E-state index in [0.29, 0.717) is 18.3 Å². The molecular formula is C22H24N3O2S. The van der Waals surface area contributed by atoms with Gasteiger partial charge >= 0.3 is 0 Å². The minimum Gasteiger partial charge on any atom is -0.431 e. The molecular weight excluding hydrogens is 370 g/mol. The van der Waals surface area contributed by atoms with Crippen LogP contribution in [0.1, 0.15) is 18.4 Å². The summed E-state index contributed by atoms with van der Waals surface area (Å²) in [5.74, 6) is 0.881. The van der Waals surface area contributed by atoms with Gasteiger partial charge in [0.25, 0.3) is 5.19 Å². The second-order valence-electron chi connectivity index (χ2n) is 6.94. The van der Waals surface area contributed by atoms with Gasteiger partial charge < -0.3 is 10.1 Å². The maximum absolute atomic E-state index is 12.0. The maximum Gasteiger partial charge on any atom is 0.279 e. The monoisotopic (exact) mass is 394 g/mol. The van der Waals surface area contributed by atoms with Crippen molar-refractivity contribution in [2.24, 2.45) is 0 Å². The highest BCUT2D eigenvalue weighted by Gasteiger charge is 2.13. The van der Waals surface area contributed by atoms with Crippen LogP contribution in [0.5, 0.6) is 10.9 Å². The molecule has 1 aliphatic rings. The second-order valence-corrected chi connectivity index (χ2v) is 7.93.